The fourth-order valence-corrected chi connectivity index (χ4v) is 8.80. The van der Waals surface area contributed by atoms with Crippen LogP contribution in [0.25, 0.3) is 0 Å². The summed E-state index contributed by atoms with van der Waals surface area (Å²) in [6.45, 7) is 13.5. The number of allylic oxidation sites excluding steroid dienone is 4. The van der Waals surface area contributed by atoms with Gasteiger partial charge in [0.05, 0.1) is 24.5 Å². The molecular weight excluding hydrogens is 468 g/mol. The normalized spacial score (nSPS) is 42.5. The maximum atomic E-state index is 13.6. The van der Waals surface area contributed by atoms with Crippen LogP contribution in [0, 0.1) is 33.5 Å². The lowest BCUT2D eigenvalue weighted by Crippen LogP contribution is -2.70. The highest BCUT2D eigenvalue weighted by Crippen LogP contribution is 2.72. The Morgan fingerprint density at radius 1 is 1.19 bits per heavy atom. The quantitative estimate of drug-likeness (QED) is 0.440. The highest BCUT2D eigenvalue weighted by atomic mass is 16.6. The largest absolute Gasteiger partial charge is 0.472 e. The van der Waals surface area contributed by atoms with Gasteiger partial charge in [0.15, 0.2) is 11.6 Å². The SMILES string of the molecule is CC=C(C)C(=O)O[C@@H]1[C@H](O)[C@H]2C(C)(C)C(=O)C=C[C@]2(C)[C@H]2CC[C@]3(C)C(=CC(=O)[C@H]3c3ccoc3)[C@]12C. The Hall–Kier alpha value is -2.73. The number of hydrogen-bond acceptors (Lipinski definition) is 6. The number of ketones is 2. The number of carbonyl (C=O) groups is 3. The average Bonchev–Trinajstić information content (AvgIpc) is 3.44. The molecular formula is C31H38O6. The van der Waals surface area contributed by atoms with Crippen molar-refractivity contribution in [2.75, 3.05) is 0 Å². The lowest BCUT2D eigenvalue weighted by Gasteiger charge is -2.67. The summed E-state index contributed by atoms with van der Waals surface area (Å²) in [7, 11) is 0. The zero-order chi connectivity index (χ0) is 27.1. The van der Waals surface area contributed by atoms with Crippen molar-refractivity contribution >= 4 is 17.5 Å². The third-order valence-corrected chi connectivity index (χ3v) is 10.6. The minimum atomic E-state index is -1.10. The van der Waals surface area contributed by atoms with Crippen LogP contribution in [0.2, 0.25) is 0 Å². The first-order chi connectivity index (χ1) is 17.2. The van der Waals surface area contributed by atoms with Crippen molar-refractivity contribution < 1.29 is 28.6 Å². The Bertz CT molecular complexity index is 1250. The third-order valence-electron chi connectivity index (χ3n) is 10.6. The van der Waals surface area contributed by atoms with Crippen LogP contribution >= 0.6 is 0 Å². The predicted octanol–water partition coefficient (Wildman–Crippen LogP) is 5.34. The fourth-order valence-electron chi connectivity index (χ4n) is 8.80. The van der Waals surface area contributed by atoms with E-state index in [1.807, 2.05) is 26.0 Å². The first-order valence-corrected chi connectivity index (χ1v) is 13.3. The molecule has 6 heteroatoms. The maximum absolute atomic E-state index is 13.6. The lowest BCUT2D eigenvalue weighted by atomic mass is 9.38. The van der Waals surface area contributed by atoms with E-state index in [1.54, 1.807) is 44.6 Å². The molecule has 6 nitrogen and oxygen atoms in total. The number of aliphatic hydroxyl groups excluding tert-OH is 1. The number of fused-ring (bicyclic) bond motifs is 5. The van der Waals surface area contributed by atoms with Crippen LogP contribution in [0.3, 0.4) is 0 Å². The highest BCUT2D eigenvalue weighted by Gasteiger charge is 2.72. The van der Waals surface area contributed by atoms with Crippen LogP contribution in [0.15, 0.2) is 58.5 Å². The predicted molar refractivity (Wildman–Crippen MR) is 138 cm³/mol. The maximum Gasteiger partial charge on any atom is 0.333 e. The van der Waals surface area contributed by atoms with Gasteiger partial charge in [-0.3, -0.25) is 9.59 Å². The van der Waals surface area contributed by atoms with E-state index >= 15 is 0 Å². The zero-order valence-corrected chi connectivity index (χ0v) is 22.8. The molecule has 0 aromatic carbocycles. The minimum absolute atomic E-state index is 0.00643. The summed E-state index contributed by atoms with van der Waals surface area (Å²) in [6.07, 6.45) is 9.79. The second-order valence-electron chi connectivity index (χ2n) is 12.8. The summed E-state index contributed by atoms with van der Waals surface area (Å²) in [5, 5.41) is 12.1. The Kier molecular flexibility index (Phi) is 5.69. The first-order valence-electron chi connectivity index (χ1n) is 13.3. The minimum Gasteiger partial charge on any atom is -0.472 e. The van der Waals surface area contributed by atoms with Crippen molar-refractivity contribution in [2.45, 2.75) is 79.4 Å². The summed E-state index contributed by atoms with van der Waals surface area (Å²) < 4.78 is 11.6. The molecule has 2 fully saturated rings. The van der Waals surface area contributed by atoms with Gasteiger partial charge in [-0.1, -0.05) is 46.8 Å². The van der Waals surface area contributed by atoms with Crippen LogP contribution in [0.5, 0.6) is 0 Å². The molecule has 0 radical (unpaired) electrons. The van der Waals surface area contributed by atoms with Gasteiger partial charge < -0.3 is 14.3 Å². The third kappa shape index (κ3) is 3.24. The van der Waals surface area contributed by atoms with E-state index in [-0.39, 0.29) is 17.5 Å². The molecule has 4 aliphatic rings. The molecule has 37 heavy (non-hydrogen) atoms. The topological polar surface area (TPSA) is 93.8 Å². The second kappa shape index (κ2) is 8.13. The standard InChI is InChI=1S/C31H38O6/c1-8-17(2)27(35)37-26-24(34)25-28(3,4)22(33)10-13-30(25,6)20-9-12-29(5)21(31(20,26)7)15-19(32)23(29)18-11-14-36-16-18/h8,10-11,13-16,20,23-26,34H,9,12H2,1-7H3/t20-,23-,24-,25+,26-,29-,30-,31-/m1/s1. The second-order valence-corrected chi connectivity index (χ2v) is 12.8. The molecule has 5 rings (SSSR count). The number of ether oxygens (including phenoxy) is 1. The van der Waals surface area contributed by atoms with Gasteiger partial charge in [-0.05, 0) is 61.8 Å². The fraction of sp³-hybridized carbons (Fsp3) is 0.581. The van der Waals surface area contributed by atoms with E-state index in [9.17, 15) is 19.5 Å². The zero-order valence-electron chi connectivity index (χ0n) is 22.8. The van der Waals surface area contributed by atoms with Gasteiger partial charge in [0.1, 0.15) is 6.10 Å². The van der Waals surface area contributed by atoms with Crippen LogP contribution in [-0.4, -0.2) is 34.9 Å². The highest BCUT2D eigenvalue weighted by molar-refractivity contribution is 6.01. The Morgan fingerprint density at radius 2 is 1.89 bits per heavy atom. The van der Waals surface area contributed by atoms with Crippen molar-refractivity contribution in [3.8, 4) is 0 Å². The molecule has 1 aromatic rings. The molecule has 0 spiro atoms. The van der Waals surface area contributed by atoms with Crippen LogP contribution in [0.4, 0.5) is 0 Å². The summed E-state index contributed by atoms with van der Waals surface area (Å²) in [6, 6.07) is 1.84. The lowest BCUT2D eigenvalue weighted by molar-refractivity contribution is -0.227. The van der Waals surface area contributed by atoms with E-state index in [4.69, 9.17) is 9.15 Å². The smallest absolute Gasteiger partial charge is 0.333 e. The molecule has 1 heterocycles. The number of hydrogen-bond donors (Lipinski definition) is 1. The van der Waals surface area contributed by atoms with Gasteiger partial charge in [-0.2, -0.15) is 0 Å². The first kappa shape index (κ1) is 25.9. The van der Waals surface area contributed by atoms with Crippen molar-refractivity contribution in [3.63, 3.8) is 0 Å². The molecule has 0 amide bonds. The average molecular weight is 507 g/mol. The molecule has 8 atom stereocenters. The van der Waals surface area contributed by atoms with Crippen molar-refractivity contribution in [3.05, 3.63) is 59.6 Å². The molecule has 1 N–H and O–H groups in total. The Balaban J connectivity index is 1.72. The number of rotatable bonds is 3. The number of furan rings is 1. The van der Waals surface area contributed by atoms with Gasteiger partial charge in [-0.15, -0.1) is 0 Å². The summed E-state index contributed by atoms with van der Waals surface area (Å²) in [5.74, 6) is -1.43. The van der Waals surface area contributed by atoms with Crippen molar-refractivity contribution in [1.82, 2.24) is 0 Å². The molecule has 0 aliphatic heterocycles. The van der Waals surface area contributed by atoms with E-state index in [0.29, 0.717) is 5.57 Å². The monoisotopic (exact) mass is 506 g/mol. The van der Waals surface area contributed by atoms with Gasteiger partial charge in [0.2, 0.25) is 0 Å². The van der Waals surface area contributed by atoms with Crippen molar-refractivity contribution in [2.24, 2.45) is 33.5 Å². The molecule has 1 aromatic heterocycles. The Labute approximate surface area is 218 Å². The Morgan fingerprint density at radius 3 is 2.51 bits per heavy atom. The number of carbonyl (C=O) groups excluding carboxylic acids is 3. The molecule has 4 aliphatic carbocycles. The van der Waals surface area contributed by atoms with Gasteiger partial charge in [-0.25, -0.2) is 4.79 Å². The van der Waals surface area contributed by atoms with E-state index in [1.165, 1.54) is 0 Å². The van der Waals surface area contributed by atoms with Gasteiger partial charge in [0, 0.05) is 33.3 Å². The molecule has 198 valence electrons. The number of aliphatic hydroxyl groups is 1. The van der Waals surface area contributed by atoms with Gasteiger partial charge >= 0.3 is 5.97 Å². The van der Waals surface area contributed by atoms with Crippen LogP contribution < -0.4 is 0 Å². The van der Waals surface area contributed by atoms with E-state index in [2.05, 4.69) is 20.8 Å². The molecule has 0 saturated heterocycles. The van der Waals surface area contributed by atoms with E-state index < -0.39 is 51.7 Å². The molecule has 0 bridgehead atoms. The van der Waals surface area contributed by atoms with Crippen LogP contribution in [0.1, 0.15) is 72.8 Å². The van der Waals surface area contributed by atoms with Crippen molar-refractivity contribution in [1.29, 1.82) is 0 Å². The van der Waals surface area contributed by atoms with E-state index in [0.717, 1.165) is 24.0 Å². The summed E-state index contributed by atoms with van der Waals surface area (Å²) >= 11 is 0. The van der Waals surface area contributed by atoms with Gasteiger partial charge in [0.25, 0.3) is 0 Å². The summed E-state index contributed by atoms with van der Waals surface area (Å²) in [4.78, 5) is 39.8. The van der Waals surface area contributed by atoms with Crippen LogP contribution in [-0.2, 0) is 19.1 Å². The molecule has 2 saturated carbocycles. The molecule has 0 unspecified atom stereocenters. The number of esters is 1. The summed E-state index contributed by atoms with van der Waals surface area (Å²) in [5.41, 5.74) is -0.511.